The summed E-state index contributed by atoms with van der Waals surface area (Å²) in [5.74, 6) is -0.920. The maximum atomic E-state index is 10.6. The summed E-state index contributed by atoms with van der Waals surface area (Å²) in [5, 5.41) is 17.9. The molecule has 1 heterocycles. The minimum absolute atomic E-state index is 0.574. The number of rotatable bonds is 2. The second kappa shape index (κ2) is 3.19. The number of carboxylic acids is 1. The van der Waals surface area contributed by atoms with Crippen LogP contribution in [0.3, 0.4) is 0 Å². The van der Waals surface area contributed by atoms with Crippen molar-refractivity contribution in [2.24, 2.45) is 0 Å². The molecule has 0 saturated carbocycles. The molecule has 64 valence electrons. The van der Waals surface area contributed by atoms with Crippen LogP contribution in [0.5, 0.6) is 0 Å². The molecule has 0 spiro atoms. The zero-order valence-corrected chi connectivity index (χ0v) is 6.53. The lowest BCUT2D eigenvalue weighted by Gasteiger charge is -2.19. The van der Waals surface area contributed by atoms with E-state index in [0.29, 0.717) is 19.5 Å². The Labute approximate surface area is 65.4 Å². The summed E-state index contributed by atoms with van der Waals surface area (Å²) in [4.78, 5) is 12.4. The van der Waals surface area contributed by atoms with Crippen LogP contribution in [0, 0.1) is 0 Å². The van der Waals surface area contributed by atoms with Crippen LogP contribution in [0.15, 0.2) is 0 Å². The average Bonchev–Trinajstić information content (AvgIpc) is 2.30. The fraction of sp³-hybridized carbons (Fsp3) is 0.857. The van der Waals surface area contributed by atoms with Gasteiger partial charge in [0.05, 0.1) is 6.10 Å². The van der Waals surface area contributed by atoms with Gasteiger partial charge in [-0.2, -0.15) is 0 Å². The van der Waals surface area contributed by atoms with E-state index in [0.717, 1.165) is 0 Å². The molecule has 0 aromatic heterocycles. The van der Waals surface area contributed by atoms with Crippen molar-refractivity contribution in [2.45, 2.75) is 25.5 Å². The van der Waals surface area contributed by atoms with Gasteiger partial charge in [0.2, 0.25) is 0 Å². The lowest BCUT2D eigenvalue weighted by atomic mass is 10.2. The first-order valence-corrected chi connectivity index (χ1v) is 3.81. The maximum absolute atomic E-state index is 10.6. The largest absolute Gasteiger partial charge is 0.480 e. The summed E-state index contributed by atoms with van der Waals surface area (Å²) in [6.45, 7) is 3.27. The lowest BCUT2D eigenvalue weighted by molar-refractivity contribution is -0.144. The molecular formula is C7H13NO3. The fourth-order valence-electron chi connectivity index (χ4n) is 1.51. The molecular weight excluding hydrogens is 146 g/mol. The molecule has 0 amide bonds. The molecule has 2 atom stereocenters. The Balaban J connectivity index is 2.63. The van der Waals surface area contributed by atoms with Crippen molar-refractivity contribution in [3.05, 3.63) is 0 Å². The number of aliphatic hydroxyl groups excluding tert-OH is 1. The highest BCUT2D eigenvalue weighted by Gasteiger charge is 2.37. The number of carboxylic acid groups (broad SMARTS) is 1. The monoisotopic (exact) mass is 159 g/mol. The topological polar surface area (TPSA) is 60.8 Å². The SMILES string of the molecule is CCN1CCC(O)[C@H]1C(=O)O. The van der Waals surface area contributed by atoms with Crippen molar-refractivity contribution in [1.29, 1.82) is 0 Å². The standard InChI is InChI=1S/C7H13NO3/c1-2-8-4-3-5(9)6(8)7(10)11/h5-6,9H,2-4H2,1H3,(H,10,11)/t5?,6-/m0/s1. The van der Waals surface area contributed by atoms with Crippen molar-refractivity contribution in [3.63, 3.8) is 0 Å². The van der Waals surface area contributed by atoms with Crippen LogP contribution in [0.2, 0.25) is 0 Å². The van der Waals surface area contributed by atoms with E-state index < -0.39 is 18.1 Å². The number of carbonyl (C=O) groups is 1. The van der Waals surface area contributed by atoms with E-state index in [-0.39, 0.29) is 0 Å². The minimum Gasteiger partial charge on any atom is -0.480 e. The lowest BCUT2D eigenvalue weighted by Crippen LogP contribution is -2.41. The molecule has 0 aromatic carbocycles. The van der Waals surface area contributed by atoms with E-state index in [1.165, 1.54) is 0 Å². The number of hydrogen-bond donors (Lipinski definition) is 2. The van der Waals surface area contributed by atoms with Crippen LogP contribution in [0.1, 0.15) is 13.3 Å². The zero-order valence-electron chi connectivity index (χ0n) is 6.53. The van der Waals surface area contributed by atoms with Gasteiger partial charge < -0.3 is 10.2 Å². The number of likely N-dealkylation sites (tertiary alicyclic amines) is 1. The minimum atomic E-state index is -0.920. The van der Waals surface area contributed by atoms with E-state index in [1.54, 1.807) is 4.90 Å². The molecule has 0 radical (unpaired) electrons. The van der Waals surface area contributed by atoms with Crippen LogP contribution in [-0.2, 0) is 4.79 Å². The first-order valence-electron chi connectivity index (χ1n) is 3.81. The number of aliphatic carboxylic acids is 1. The Hall–Kier alpha value is -0.610. The smallest absolute Gasteiger partial charge is 0.323 e. The van der Waals surface area contributed by atoms with E-state index in [2.05, 4.69) is 0 Å². The molecule has 1 aliphatic rings. The highest BCUT2D eigenvalue weighted by molar-refractivity contribution is 5.74. The Bertz CT molecular complexity index is 160. The van der Waals surface area contributed by atoms with Gasteiger partial charge in [-0.05, 0) is 13.0 Å². The molecule has 0 aromatic rings. The summed E-state index contributed by atoms with van der Waals surface area (Å²) in [7, 11) is 0. The third kappa shape index (κ3) is 1.52. The highest BCUT2D eigenvalue weighted by atomic mass is 16.4. The third-order valence-electron chi connectivity index (χ3n) is 2.13. The maximum Gasteiger partial charge on any atom is 0.323 e. The van der Waals surface area contributed by atoms with Crippen molar-refractivity contribution < 1.29 is 15.0 Å². The van der Waals surface area contributed by atoms with E-state index >= 15 is 0 Å². The Morgan fingerprint density at radius 1 is 1.73 bits per heavy atom. The van der Waals surface area contributed by atoms with Crippen molar-refractivity contribution >= 4 is 5.97 Å². The number of likely N-dealkylation sites (N-methyl/N-ethyl adjacent to an activating group) is 1. The fourth-order valence-corrected chi connectivity index (χ4v) is 1.51. The van der Waals surface area contributed by atoms with Crippen molar-refractivity contribution in [2.75, 3.05) is 13.1 Å². The Morgan fingerprint density at radius 2 is 2.36 bits per heavy atom. The van der Waals surface area contributed by atoms with Crippen LogP contribution in [-0.4, -0.2) is 46.3 Å². The predicted molar refractivity (Wildman–Crippen MR) is 39.3 cm³/mol. The van der Waals surface area contributed by atoms with E-state index in [4.69, 9.17) is 5.11 Å². The Morgan fingerprint density at radius 3 is 2.73 bits per heavy atom. The molecule has 0 aliphatic carbocycles. The van der Waals surface area contributed by atoms with Gasteiger partial charge in [-0.25, -0.2) is 0 Å². The van der Waals surface area contributed by atoms with Gasteiger partial charge in [-0.15, -0.1) is 0 Å². The number of nitrogens with zero attached hydrogens (tertiary/aromatic N) is 1. The van der Waals surface area contributed by atoms with Crippen molar-refractivity contribution in [1.82, 2.24) is 4.90 Å². The summed E-state index contributed by atoms with van der Waals surface area (Å²) >= 11 is 0. The molecule has 4 nitrogen and oxygen atoms in total. The van der Waals surface area contributed by atoms with Gasteiger partial charge >= 0.3 is 5.97 Å². The summed E-state index contributed by atoms with van der Waals surface area (Å²) in [6.07, 6.45) is -0.113. The predicted octanol–water partition coefficient (Wildman–Crippen LogP) is -0.474. The molecule has 1 fully saturated rings. The molecule has 1 rings (SSSR count). The summed E-state index contributed by atoms with van der Waals surface area (Å²) < 4.78 is 0. The van der Waals surface area contributed by atoms with Gasteiger partial charge in [0.15, 0.2) is 0 Å². The molecule has 4 heteroatoms. The third-order valence-corrected chi connectivity index (χ3v) is 2.13. The molecule has 1 aliphatic heterocycles. The van der Waals surface area contributed by atoms with Gasteiger partial charge in [-0.3, -0.25) is 9.69 Å². The van der Waals surface area contributed by atoms with E-state index in [9.17, 15) is 9.90 Å². The first kappa shape index (κ1) is 8.49. The van der Waals surface area contributed by atoms with Gasteiger partial charge in [0.1, 0.15) is 6.04 Å². The van der Waals surface area contributed by atoms with Gasteiger partial charge in [0, 0.05) is 6.54 Å². The molecule has 1 saturated heterocycles. The van der Waals surface area contributed by atoms with Crippen LogP contribution < -0.4 is 0 Å². The average molecular weight is 159 g/mol. The number of aliphatic hydroxyl groups is 1. The zero-order chi connectivity index (χ0) is 8.43. The van der Waals surface area contributed by atoms with Crippen LogP contribution >= 0.6 is 0 Å². The molecule has 0 bridgehead atoms. The Kier molecular flexibility index (Phi) is 2.46. The molecule has 2 N–H and O–H groups in total. The van der Waals surface area contributed by atoms with E-state index in [1.807, 2.05) is 6.92 Å². The normalized spacial score (nSPS) is 32.5. The summed E-state index contributed by atoms with van der Waals surface area (Å²) in [5.41, 5.74) is 0. The molecule has 11 heavy (non-hydrogen) atoms. The quantitative estimate of drug-likeness (QED) is 0.571. The summed E-state index contributed by atoms with van der Waals surface area (Å²) in [6, 6.07) is -0.681. The van der Waals surface area contributed by atoms with Crippen LogP contribution in [0.25, 0.3) is 0 Å². The second-order valence-corrected chi connectivity index (χ2v) is 2.77. The highest BCUT2D eigenvalue weighted by Crippen LogP contribution is 2.17. The van der Waals surface area contributed by atoms with Crippen LogP contribution in [0.4, 0.5) is 0 Å². The van der Waals surface area contributed by atoms with Gasteiger partial charge in [-0.1, -0.05) is 6.92 Å². The van der Waals surface area contributed by atoms with Crippen molar-refractivity contribution in [3.8, 4) is 0 Å². The molecule has 1 unspecified atom stereocenters. The second-order valence-electron chi connectivity index (χ2n) is 2.77. The van der Waals surface area contributed by atoms with Gasteiger partial charge in [0.25, 0.3) is 0 Å². The first-order chi connectivity index (χ1) is 5.16. The number of hydrogen-bond acceptors (Lipinski definition) is 3.